The van der Waals surface area contributed by atoms with E-state index in [-0.39, 0.29) is 17.5 Å². The average molecular weight is 495 g/mol. The first-order chi connectivity index (χ1) is 15.9. The predicted octanol–water partition coefficient (Wildman–Crippen LogP) is 8.55. The molecule has 0 bridgehead atoms. The third-order valence-corrected chi connectivity index (χ3v) is 7.84. The fraction of sp³-hybridized carbons (Fsp3) is 0.200. The molecule has 5 aromatic carbocycles. The molecule has 33 heavy (non-hydrogen) atoms. The van der Waals surface area contributed by atoms with Gasteiger partial charge in [0.05, 0.1) is 0 Å². The summed E-state index contributed by atoms with van der Waals surface area (Å²) in [5.74, 6) is 0.0157. The van der Waals surface area contributed by atoms with Crippen LogP contribution in [-0.2, 0) is 0 Å². The van der Waals surface area contributed by atoms with Crippen LogP contribution >= 0.6 is 15.9 Å². The molecule has 5 aromatic rings. The van der Waals surface area contributed by atoms with Crippen LogP contribution in [0.25, 0.3) is 43.1 Å². The Balaban J connectivity index is 1.83. The summed E-state index contributed by atoms with van der Waals surface area (Å²) in [6.45, 7) is 6.27. The lowest BCUT2D eigenvalue weighted by molar-refractivity contribution is 0.100. The largest absolute Gasteiger partial charge is 0.289 e. The highest BCUT2D eigenvalue weighted by atomic mass is 79.9. The molecule has 0 fully saturated rings. The van der Waals surface area contributed by atoms with Crippen molar-refractivity contribution in [1.82, 2.24) is 0 Å². The Labute approximate surface area is 200 Å². The first-order valence-corrected chi connectivity index (χ1v) is 12.4. The quantitative estimate of drug-likeness (QED) is 0.186. The lowest BCUT2D eigenvalue weighted by Crippen LogP contribution is -2.13. The second kappa shape index (κ2) is 7.23. The van der Waals surface area contributed by atoms with Gasteiger partial charge in [0, 0.05) is 26.6 Å². The first-order valence-electron chi connectivity index (χ1n) is 11.6. The molecule has 1 aliphatic carbocycles. The molecule has 2 nitrogen and oxygen atoms in total. The second-order valence-electron chi connectivity index (χ2n) is 9.24. The van der Waals surface area contributed by atoms with E-state index in [0.717, 1.165) is 44.2 Å². The maximum absolute atomic E-state index is 13.8. The molecule has 1 aliphatic rings. The number of allylic oxidation sites excluding steroid dienone is 2. The van der Waals surface area contributed by atoms with Gasteiger partial charge in [0.2, 0.25) is 0 Å². The zero-order valence-corrected chi connectivity index (χ0v) is 20.5. The number of rotatable bonds is 3. The maximum atomic E-state index is 13.8. The highest BCUT2D eigenvalue weighted by Gasteiger charge is 2.29. The van der Waals surface area contributed by atoms with Crippen molar-refractivity contribution in [2.24, 2.45) is 5.92 Å². The number of aryl methyl sites for hydroxylation is 1. The summed E-state index contributed by atoms with van der Waals surface area (Å²) in [6.07, 6.45) is 3.29. The summed E-state index contributed by atoms with van der Waals surface area (Å²) in [5.41, 5.74) is 3.11. The first kappa shape index (κ1) is 20.6. The van der Waals surface area contributed by atoms with Crippen LogP contribution in [0.2, 0.25) is 0 Å². The van der Waals surface area contributed by atoms with E-state index in [1.807, 2.05) is 12.1 Å². The fourth-order valence-electron chi connectivity index (χ4n) is 5.86. The van der Waals surface area contributed by atoms with E-state index < -0.39 is 0 Å². The van der Waals surface area contributed by atoms with Crippen molar-refractivity contribution in [2.45, 2.75) is 33.6 Å². The van der Waals surface area contributed by atoms with E-state index in [4.69, 9.17) is 0 Å². The normalized spacial score (nSPS) is 14.3. The molecule has 0 spiro atoms. The molecule has 162 valence electrons. The molecule has 0 saturated carbocycles. The number of hydrogen-bond donors (Lipinski definition) is 0. The third kappa shape index (κ3) is 2.78. The average Bonchev–Trinajstić information content (AvgIpc) is 2.90. The van der Waals surface area contributed by atoms with Gasteiger partial charge in [-0.15, -0.1) is 0 Å². The molecule has 0 aromatic heterocycles. The monoisotopic (exact) mass is 494 g/mol. The van der Waals surface area contributed by atoms with Gasteiger partial charge in [0.25, 0.3) is 0 Å². The molecule has 0 radical (unpaired) electrons. The SMILES string of the molecule is CCC(CC)C1=CC(=O)c2ccc3c4cc(C)cc5cc(Br)cc(c6ccc(c2c36)C1=O)c54. The number of Topliss-reactive ketones (excluding diaryl/α,β-unsaturated/α-hetero) is 1. The maximum Gasteiger partial charge on any atom is 0.190 e. The van der Waals surface area contributed by atoms with Gasteiger partial charge < -0.3 is 0 Å². The van der Waals surface area contributed by atoms with Crippen LogP contribution in [0.1, 0.15) is 53.0 Å². The van der Waals surface area contributed by atoms with Crippen LogP contribution in [0.5, 0.6) is 0 Å². The Bertz CT molecular complexity index is 1630. The molecule has 3 heteroatoms. The third-order valence-electron chi connectivity index (χ3n) is 7.38. The molecular formula is C30H23BrO2. The molecule has 0 amide bonds. The number of benzene rings is 5. The molecule has 0 atom stereocenters. The van der Waals surface area contributed by atoms with Crippen LogP contribution in [-0.4, -0.2) is 11.6 Å². The van der Waals surface area contributed by atoms with Crippen LogP contribution in [0.3, 0.4) is 0 Å². The van der Waals surface area contributed by atoms with Crippen molar-refractivity contribution in [3.63, 3.8) is 0 Å². The van der Waals surface area contributed by atoms with E-state index in [9.17, 15) is 9.59 Å². The van der Waals surface area contributed by atoms with Crippen molar-refractivity contribution in [3.8, 4) is 0 Å². The van der Waals surface area contributed by atoms with Gasteiger partial charge in [-0.3, -0.25) is 9.59 Å². The van der Waals surface area contributed by atoms with Gasteiger partial charge in [0.1, 0.15) is 0 Å². The van der Waals surface area contributed by atoms with E-state index in [0.29, 0.717) is 16.7 Å². The fourth-order valence-corrected chi connectivity index (χ4v) is 6.34. The Morgan fingerprint density at radius 2 is 1.42 bits per heavy atom. The molecule has 0 unspecified atom stereocenters. The lowest BCUT2D eigenvalue weighted by Gasteiger charge is -2.19. The number of ketones is 2. The van der Waals surface area contributed by atoms with Crippen molar-refractivity contribution >= 4 is 70.6 Å². The zero-order chi connectivity index (χ0) is 23.0. The van der Waals surface area contributed by atoms with Crippen molar-refractivity contribution in [3.05, 3.63) is 81.3 Å². The molecule has 0 aliphatic heterocycles. The smallest absolute Gasteiger partial charge is 0.190 e. The number of carbonyl (C=O) groups excluding carboxylic acids is 2. The molecule has 0 heterocycles. The summed E-state index contributed by atoms with van der Waals surface area (Å²) in [7, 11) is 0. The van der Waals surface area contributed by atoms with Crippen LogP contribution < -0.4 is 0 Å². The highest BCUT2D eigenvalue weighted by molar-refractivity contribution is 9.10. The van der Waals surface area contributed by atoms with Crippen LogP contribution in [0.4, 0.5) is 0 Å². The minimum absolute atomic E-state index is 0.00562. The Kier molecular flexibility index (Phi) is 4.50. The summed E-state index contributed by atoms with van der Waals surface area (Å²) < 4.78 is 1.02. The van der Waals surface area contributed by atoms with Crippen LogP contribution in [0, 0.1) is 12.8 Å². The summed E-state index contributed by atoms with van der Waals surface area (Å²) >= 11 is 3.69. The van der Waals surface area contributed by atoms with E-state index in [1.165, 1.54) is 21.7 Å². The molecule has 0 N–H and O–H groups in total. The van der Waals surface area contributed by atoms with E-state index >= 15 is 0 Å². The van der Waals surface area contributed by atoms with Crippen molar-refractivity contribution in [2.75, 3.05) is 0 Å². The van der Waals surface area contributed by atoms with Gasteiger partial charge in [-0.1, -0.05) is 54.0 Å². The number of carbonyl (C=O) groups is 2. The Hall–Kier alpha value is -3.04. The van der Waals surface area contributed by atoms with Crippen LogP contribution in [0.15, 0.2) is 64.7 Å². The second-order valence-corrected chi connectivity index (χ2v) is 10.2. The summed E-state index contributed by atoms with van der Waals surface area (Å²) in [4.78, 5) is 27.2. The predicted molar refractivity (Wildman–Crippen MR) is 141 cm³/mol. The van der Waals surface area contributed by atoms with Gasteiger partial charge in [-0.05, 0) is 99.3 Å². The van der Waals surface area contributed by atoms with Crippen molar-refractivity contribution in [1.29, 1.82) is 0 Å². The number of halogens is 1. The van der Waals surface area contributed by atoms with E-state index in [1.54, 1.807) is 6.08 Å². The standard InChI is InChI=1S/C30H23BrO2/c1-4-16(5-2)23-14-26(32)21-8-6-19-24-11-15(3)10-17-12-18(31)13-25(27(17)24)20-7-9-22(30(23)33)29(21)28(19)20/h6-14,16H,4-5H2,1-3H3. The summed E-state index contributed by atoms with van der Waals surface area (Å²) in [5, 5.41) is 8.72. The highest BCUT2D eigenvalue weighted by Crippen LogP contribution is 2.45. The van der Waals surface area contributed by atoms with E-state index in [2.05, 4.69) is 73.1 Å². The minimum Gasteiger partial charge on any atom is -0.289 e. The minimum atomic E-state index is -0.0675. The molecule has 6 rings (SSSR count). The van der Waals surface area contributed by atoms with Gasteiger partial charge >= 0.3 is 0 Å². The Morgan fingerprint density at radius 3 is 2.12 bits per heavy atom. The molecular weight excluding hydrogens is 472 g/mol. The van der Waals surface area contributed by atoms with Crippen molar-refractivity contribution < 1.29 is 9.59 Å². The topological polar surface area (TPSA) is 34.1 Å². The number of hydrogen-bond acceptors (Lipinski definition) is 2. The van der Waals surface area contributed by atoms with Gasteiger partial charge in [0.15, 0.2) is 11.6 Å². The zero-order valence-electron chi connectivity index (χ0n) is 18.9. The lowest BCUT2D eigenvalue weighted by atomic mass is 9.84. The molecule has 0 saturated heterocycles. The van der Waals surface area contributed by atoms with Gasteiger partial charge in [-0.25, -0.2) is 0 Å². The Morgan fingerprint density at radius 1 is 0.758 bits per heavy atom. The van der Waals surface area contributed by atoms with Gasteiger partial charge in [-0.2, -0.15) is 0 Å². The summed E-state index contributed by atoms with van der Waals surface area (Å²) in [6, 6.07) is 16.8. The number of fused-ring (bicyclic) bond motifs is 2.